The minimum atomic E-state index is -0.492. The van der Waals surface area contributed by atoms with Crippen molar-refractivity contribution < 1.29 is 14.8 Å². The molecular weight excluding hydrogens is 310 g/mol. The number of phenols is 1. The van der Waals surface area contributed by atoms with E-state index in [1.807, 2.05) is 6.92 Å². The fourth-order valence-corrected chi connectivity index (χ4v) is 2.14. The minimum absolute atomic E-state index is 0.0231. The van der Waals surface area contributed by atoms with Crippen LogP contribution in [0.4, 0.5) is 5.69 Å². The number of nitro benzene ring substituents is 1. The second-order valence-corrected chi connectivity index (χ2v) is 5.06. The molecule has 2 rings (SSSR count). The topological polar surface area (TPSA) is 105 Å². The van der Waals surface area contributed by atoms with Gasteiger partial charge in [-0.15, -0.1) is 0 Å². The number of carbonyl (C=O) groups is 1. The van der Waals surface area contributed by atoms with Crippen molar-refractivity contribution in [2.24, 2.45) is 5.10 Å². The number of phenolic OH excluding ortho intramolecular Hbond substituents is 1. The van der Waals surface area contributed by atoms with Crippen LogP contribution in [0.2, 0.25) is 0 Å². The standard InChI is InChI=1S/C17H17N3O4/c1-2-15(14-5-3-4-6-16(14)21)18-19-17(22)11-12-7-9-13(10-8-12)20(23)24/h3-10,21H,2,11H2,1H3,(H,19,22)/b18-15+. The molecule has 0 saturated heterocycles. The van der Waals surface area contributed by atoms with E-state index >= 15 is 0 Å². The molecule has 124 valence electrons. The van der Waals surface area contributed by atoms with Crippen molar-refractivity contribution in [3.05, 3.63) is 69.8 Å². The van der Waals surface area contributed by atoms with Crippen molar-refractivity contribution in [3.63, 3.8) is 0 Å². The number of para-hydroxylation sites is 1. The fourth-order valence-electron chi connectivity index (χ4n) is 2.14. The first kappa shape index (κ1) is 17.1. The molecule has 2 aromatic rings. The van der Waals surface area contributed by atoms with Crippen LogP contribution < -0.4 is 5.43 Å². The summed E-state index contributed by atoms with van der Waals surface area (Å²) in [7, 11) is 0. The van der Waals surface area contributed by atoms with Gasteiger partial charge in [0.1, 0.15) is 5.75 Å². The molecule has 7 nitrogen and oxygen atoms in total. The second-order valence-electron chi connectivity index (χ2n) is 5.06. The molecule has 0 fully saturated rings. The van der Waals surface area contributed by atoms with Crippen molar-refractivity contribution in [1.29, 1.82) is 0 Å². The molecule has 0 bridgehead atoms. The Morgan fingerprint density at radius 1 is 1.21 bits per heavy atom. The number of carbonyl (C=O) groups excluding carboxylic acids is 1. The first-order valence-electron chi connectivity index (χ1n) is 7.38. The van der Waals surface area contributed by atoms with Gasteiger partial charge in [-0.2, -0.15) is 5.10 Å². The summed E-state index contributed by atoms with van der Waals surface area (Å²) in [4.78, 5) is 22.1. The van der Waals surface area contributed by atoms with E-state index in [9.17, 15) is 20.0 Å². The van der Waals surface area contributed by atoms with E-state index in [0.717, 1.165) is 0 Å². The minimum Gasteiger partial charge on any atom is -0.507 e. The van der Waals surface area contributed by atoms with Crippen LogP contribution in [0, 0.1) is 10.1 Å². The van der Waals surface area contributed by atoms with E-state index in [4.69, 9.17) is 0 Å². The molecule has 0 aliphatic heterocycles. The molecule has 2 aromatic carbocycles. The number of rotatable bonds is 6. The summed E-state index contributed by atoms with van der Waals surface area (Å²) in [6.45, 7) is 1.87. The first-order valence-corrected chi connectivity index (χ1v) is 7.38. The second kappa shape index (κ2) is 7.87. The Hall–Kier alpha value is -3.22. The van der Waals surface area contributed by atoms with E-state index in [2.05, 4.69) is 10.5 Å². The highest BCUT2D eigenvalue weighted by molar-refractivity contribution is 6.03. The zero-order chi connectivity index (χ0) is 17.5. The predicted octanol–water partition coefficient (Wildman–Crippen LogP) is 2.77. The smallest absolute Gasteiger partial charge is 0.269 e. The number of hydrogen-bond acceptors (Lipinski definition) is 5. The molecule has 0 unspecified atom stereocenters. The average Bonchev–Trinajstić information content (AvgIpc) is 2.57. The highest BCUT2D eigenvalue weighted by Gasteiger charge is 2.09. The van der Waals surface area contributed by atoms with E-state index in [0.29, 0.717) is 23.3 Å². The Bertz CT molecular complexity index is 770. The Kier molecular flexibility index (Phi) is 5.62. The van der Waals surface area contributed by atoms with Gasteiger partial charge in [0.25, 0.3) is 5.69 Å². The van der Waals surface area contributed by atoms with Gasteiger partial charge >= 0.3 is 0 Å². The maximum Gasteiger partial charge on any atom is 0.269 e. The van der Waals surface area contributed by atoms with Gasteiger partial charge in [-0.25, -0.2) is 5.43 Å². The molecule has 0 radical (unpaired) electrons. The highest BCUT2D eigenvalue weighted by Crippen LogP contribution is 2.18. The third-order valence-corrected chi connectivity index (χ3v) is 3.38. The van der Waals surface area contributed by atoms with Crippen molar-refractivity contribution in [1.82, 2.24) is 5.43 Å². The number of nitrogens with one attached hydrogen (secondary N) is 1. The summed E-state index contributed by atoms with van der Waals surface area (Å²) in [5.74, 6) is -0.243. The van der Waals surface area contributed by atoms with Crippen molar-refractivity contribution in [2.75, 3.05) is 0 Å². The summed E-state index contributed by atoms with van der Waals surface area (Å²) in [5, 5.41) is 24.5. The van der Waals surface area contributed by atoms with Crippen LogP contribution >= 0.6 is 0 Å². The van der Waals surface area contributed by atoms with E-state index in [1.54, 1.807) is 24.3 Å². The number of hydrazone groups is 1. The number of nitrogens with zero attached hydrogens (tertiary/aromatic N) is 2. The number of benzene rings is 2. The van der Waals surface area contributed by atoms with Gasteiger partial charge in [0, 0.05) is 17.7 Å². The third-order valence-electron chi connectivity index (χ3n) is 3.38. The SMILES string of the molecule is CC/C(=N\NC(=O)Cc1ccc([N+](=O)[O-])cc1)c1ccccc1O. The van der Waals surface area contributed by atoms with Gasteiger partial charge in [-0.05, 0) is 24.1 Å². The van der Waals surface area contributed by atoms with Crippen LogP contribution in [0.15, 0.2) is 53.6 Å². The van der Waals surface area contributed by atoms with Gasteiger partial charge in [-0.1, -0.05) is 31.2 Å². The Morgan fingerprint density at radius 3 is 2.46 bits per heavy atom. The lowest BCUT2D eigenvalue weighted by atomic mass is 10.1. The lowest BCUT2D eigenvalue weighted by molar-refractivity contribution is -0.384. The van der Waals surface area contributed by atoms with Gasteiger partial charge in [0.05, 0.1) is 17.1 Å². The molecule has 7 heteroatoms. The fraction of sp³-hybridized carbons (Fsp3) is 0.176. The Balaban J connectivity index is 2.03. The van der Waals surface area contributed by atoms with Crippen LogP contribution in [0.3, 0.4) is 0 Å². The molecule has 0 spiro atoms. The summed E-state index contributed by atoms with van der Waals surface area (Å²) >= 11 is 0. The summed E-state index contributed by atoms with van der Waals surface area (Å²) in [6.07, 6.45) is 0.592. The number of hydrogen-bond donors (Lipinski definition) is 2. The lowest BCUT2D eigenvalue weighted by Gasteiger charge is -2.07. The van der Waals surface area contributed by atoms with Crippen molar-refractivity contribution >= 4 is 17.3 Å². The van der Waals surface area contributed by atoms with E-state index < -0.39 is 4.92 Å². The normalized spacial score (nSPS) is 11.1. The van der Waals surface area contributed by atoms with Crippen molar-refractivity contribution in [2.45, 2.75) is 19.8 Å². The molecule has 0 saturated carbocycles. The maximum absolute atomic E-state index is 12.0. The molecule has 0 aliphatic rings. The number of amides is 1. The van der Waals surface area contributed by atoms with Crippen molar-refractivity contribution in [3.8, 4) is 5.75 Å². The number of nitro groups is 1. The third kappa shape index (κ3) is 4.39. The molecule has 1 amide bonds. The van der Waals surface area contributed by atoms with Crippen LogP contribution in [-0.2, 0) is 11.2 Å². The molecule has 0 aliphatic carbocycles. The summed E-state index contributed by atoms with van der Waals surface area (Å²) in [6, 6.07) is 12.5. The Morgan fingerprint density at radius 2 is 1.88 bits per heavy atom. The zero-order valence-corrected chi connectivity index (χ0v) is 13.1. The molecular formula is C17H17N3O4. The van der Waals surface area contributed by atoms with E-state index in [1.165, 1.54) is 24.3 Å². The Labute approximate surface area is 138 Å². The maximum atomic E-state index is 12.0. The van der Waals surface area contributed by atoms with Gasteiger partial charge < -0.3 is 5.11 Å². The highest BCUT2D eigenvalue weighted by atomic mass is 16.6. The van der Waals surface area contributed by atoms with Crippen LogP contribution in [-0.4, -0.2) is 21.6 Å². The molecule has 2 N–H and O–H groups in total. The van der Waals surface area contributed by atoms with Crippen LogP contribution in [0.5, 0.6) is 5.75 Å². The van der Waals surface area contributed by atoms with Crippen LogP contribution in [0.1, 0.15) is 24.5 Å². The summed E-state index contributed by atoms with van der Waals surface area (Å²) in [5.41, 5.74) is 4.20. The summed E-state index contributed by atoms with van der Waals surface area (Å²) < 4.78 is 0. The zero-order valence-electron chi connectivity index (χ0n) is 13.1. The molecule has 0 aromatic heterocycles. The number of aromatic hydroxyl groups is 1. The lowest BCUT2D eigenvalue weighted by Crippen LogP contribution is -2.21. The molecule has 24 heavy (non-hydrogen) atoms. The van der Waals surface area contributed by atoms with Gasteiger partial charge in [-0.3, -0.25) is 14.9 Å². The quantitative estimate of drug-likeness (QED) is 0.483. The largest absolute Gasteiger partial charge is 0.507 e. The van der Waals surface area contributed by atoms with Crippen LogP contribution in [0.25, 0.3) is 0 Å². The van der Waals surface area contributed by atoms with E-state index in [-0.39, 0.29) is 23.8 Å². The monoisotopic (exact) mass is 327 g/mol. The molecule has 0 atom stereocenters. The first-order chi connectivity index (χ1) is 11.5. The van der Waals surface area contributed by atoms with Gasteiger partial charge in [0.15, 0.2) is 0 Å². The predicted molar refractivity (Wildman–Crippen MR) is 89.9 cm³/mol. The van der Waals surface area contributed by atoms with Gasteiger partial charge in [0.2, 0.25) is 5.91 Å². The molecule has 0 heterocycles. The number of non-ortho nitro benzene ring substituents is 1. The average molecular weight is 327 g/mol.